The van der Waals surface area contributed by atoms with Gasteiger partial charge in [-0.1, -0.05) is 12.1 Å². The van der Waals surface area contributed by atoms with Crippen molar-refractivity contribution in [2.45, 2.75) is 12.7 Å². The van der Waals surface area contributed by atoms with Gasteiger partial charge in [-0.25, -0.2) is 4.79 Å². The molecule has 1 aliphatic rings. The molecule has 1 atom stereocenters. The third-order valence-electron chi connectivity index (χ3n) is 3.36. The van der Waals surface area contributed by atoms with Crippen molar-refractivity contribution in [1.82, 2.24) is 9.80 Å². The average molecular weight is 308 g/mol. The molecule has 7 heteroatoms. The van der Waals surface area contributed by atoms with Crippen molar-refractivity contribution in [3.05, 3.63) is 29.8 Å². The summed E-state index contributed by atoms with van der Waals surface area (Å²) >= 11 is 0. The summed E-state index contributed by atoms with van der Waals surface area (Å²) in [5.41, 5.74) is 0.945. The van der Waals surface area contributed by atoms with E-state index in [0.29, 0.717) is 6.61 Å². The highest BCUT2D eigenvalue weighted by Gasteiger charge is 2.34. The third-order valence-corrected chi connectivity index (χ3v) is 3.36. The highest BCUT2D eigenvalue weighted by molar-refractivity contribution is 6.01. The third kappa shape index (κ3) is 3.96. The van der Waals surface area contributed by atoms with Crippen molar-refractivity contribution in [1.29, 1.82) is 0 Å². The van der Waals surface area contributed by atoms with Gasteiger partial charge in [0.25, 0.3) is 0 Å². The fourth-order valence-electron chi connectivity index (χ4n) is 2.15. The fraction of sp³-hybridized carbons (Fsp3) is 0.467. The van der Waals surface area contributed by atoms with Gasteiger partial charge in [0.05, 0.1) is 33.0 Å². The number of urea groups is 1. The van der Waals surface area contributed by atoms with Gasteiger partial charge < -0.3 is 19.5 Å². The number of nitrogens with zero attached hydrogens (tertiary/aromatic N) is 2. The van der Waals surface area contributed by atoms with Gasteiger partial charge in [-0.15, -0.1) is 0 Å². The minimum absolute atomic E-state index is 0.0484. The molecular formula is C15H20N2O5. The second-order valence-corrected chi connectivity index (χ2v) is 5.16. The molecule has 0 aliphatic carbocycles. The highest BCUT2D eigenvalue weighted by Crippen LogP contribution is 2.12. The lowest BCUT2D eigenvalue weighted by Gasteiger charge is -2.18. The normalized spacial score (nSPS) is 16.3. The number of hydrogen-bond acceptors (Lipinski definition) is 5. The van der Waals surface area contributed by atoms with E-state index < -0.39 is 6.10 Å². The van der Waals surface area contributed by atoms with Crippen LogP contribution in [0.3, 0.4) is 0 Å². The second-order valence-electron chi connectivity index (χ2n) is 5.16. The lowest BCUT2D eigenvalue weighted by molar-refractivity contribution is -0.126. The van der Waals surface area contributed by atoms with E-state index in [0.717, 1.165) is 16.2 Å². The molecule has 0 spiro atoms. The topological polar surface area (TPSA) is 79.3 Å². The quantitative estimate of drug-likeness (QED) is 0.741. The van der Waals surface area contributed by atoms with E-state index >= 15 is 0 Å². The van der Waals surface area contributed by atoms with Crippen LogP contribution in [-0.2, 0) is 16.1 Å². The number of benzene rings is 1. The molecule has 0 saturated carbocycles. The maximum absolute atomic E-state index is 11.7. The first-order valence-corrected chi connectivity index (χ1v) is 6.95. The Hall–Kier alpha value is -2.12. The summed E-state index contributed by atoms with van der Waals surface area (Å²) in [6.45, 7) is 0.387. The van der Waals surface area contributed by atoms with Gasteiger partial charge in [0.2, 0.25) is 5.91 Å². The SMILES string of the molecule is COc1ccc(COC[C@@H](O)CN2C(=O)CN(C)C2=O)cc1. The summed E-state index contributed by atoms with van der Waals surface area (Å²) in [6, 6.07) is 7.00. The van der Waals surface area contributed by atoms with E-state index in [2.05, 4.69) is 0 Å². The number of likely N-dealkylation sites (N-methyl/N-ethyl adjacent to an activating group) is 1. The number of ether oxygens (including phenoxy) is 2. The zero-order valence-corrected chi connectivity index (χ0v) is 12.7. The van der Waals surface area contributed by atoms with Crippen LogP contribution in [0.1, 0.15) is 5.56 Å². The van der Waals surface area contributed by atoms with E-state index in [4.69, 9.17) is 9.47 Å². The van der Waals surface area contributed by atoms with E-state index in [-0.39, 0.29) is 31.6 Å². The second kappa shape index (κ2) is 7.24. The van der Waals surface area contributed by atoms with Crippen LogP contribution < -0.4 is 4.74 Å². The van der Waals surface area contributed by atoms with Crippen LogP contribution >= 0.6 is 0 Å². The van der Waals surface area contributed by atoms with E-state index in [1.807, 2.05) is 24.3 Å². The summed E-state index contributed by atoms with van der Waals surface area (Å²) in [6.07, 6.45) is -0.905. The predicted molar refractivity (Wildman–Crippen MR) is 78.4 cm³/mol. The van der Waals surface area contributed by atoms with Crippen molar-refractivity contribution >= 4 is 11.9 Å². The Labute approximate surface area is 129 Å². The number of amides is 3. The predicted octanol–water partition coefficient (Wildman–Crippen LogP) is 0.467. The molecule has 1 saturated heterocycles. The molecule has 2 rings (SSSR count). The van der Waals surface area contributed by atoms with Crippen molar-refractivity contribution in [2.24, 2.45) is 0 Å². The largest absolute Gasteiger partial charge is 0.497 e. The van der Waals surface area contributed by atoms with Gasteiger partial charge in [-0.05, 0) is 17.7 Å². The Morgan fingerprint density at radius 1 is 1.27 bits per heavy atom. The summed E-state index contributed by atoms with van der Waals surface area (Å²) in [5.74, 6) is 0.459. The molecule has 1 heterocycles. The number of rotatable bonds is 7. The number of aliphatic hydroxyl groups is 1. The van der Waals surface area contributed by atoms with E-state index in [9.17, 15) is 14.7 Å². The average Bonchev–Trinajstić information content (AvgIpc) is 2.74. The molecule has 0 aromatic heterocycles. The number of imide groups is 1. The molecule has 1 aromatic rings. The Morgan fingerprint density at radius 2 is 1.95 bits per heavy atom. The summed E-state index contributed by atoms with van der Waals surface area (Å²) in [5, 5.41) is 9.88. The van der Waals surface area contributed by atoms with Crippen molar-refractivity contribution in [3.8, 4) is 5.75 Å². The molecule has 1 aromatic carbocycles. The first kappa shape index (κ1) is 16.3. The Morgan fingerprint density at radius 3 is 2.50 bits per heavy atom. The van der Waals surface area contributed by atoms with Gasteiger partial charge in [0, 0.05) is 7.05 Å². The lowest BCUT2D eigenvalue weighted by atomic mass is 10.2. The molecule has 120 valence electrons. The monoisotopic (exact) mass is 308 g/mol. The van der Waals surface area contributed by atoms with E-state index in [1.165, 1.54) is 4.90 Å². The summed E-state index contributed by atoms with van der Waals surface area (Å²) in [7, 11) is 3.15. The van der Waals surface area contributed by atoms with Crippen LogP contribution in [0, 0.1) is 0 Å². The van der Waals surface area contributed by atoms with Crippen molar-refractivity contribution in [3.63, 3.8) is 0 Å². The summed E-state index contributed by atoms with van der Waals surface area (Å²) in [4.78, 5) is 25.6. The van der Waals surface area contributed by atoms with Crippen LogP contribution in [-0.4, -0.2) is 66.8 Å². The Bertz CT molecular complexity index is 531. The first-order chi connectivity index (χ1) is 10.5. The van der Waals surface area contributed by atoms with Gasteiger partial charge >= 0.3 is 6.03 Å². The van der Waals surface area contributed by atoms with Crippen LogP contribution in [0.25, 0.3) is 0 Å². The molecule has 0 unspecified atom stereocenters. The molecule has 1 N–H and O–H groups in total. The minimum Gasteiger partial charge on any atom is -0.497 e. The first-order valence-electron chi connectivity index (χ1n) is 6.95. The lowest BCUT2D eigenvalue weighted by Crippen LogP contribution is -2.39. The van der Waals surface area contributed by atoms with Crippen LogP contribution in [0.5, 0.6) is 5.75 Å². The molecule has 1 fully saturated rings. The highest BCUT2D eigenvalue weighted by atomic mass is 16.5. The fourth-order valence-corrected chi connectivity index (χ4v) is 2.15. The minimum atomic E-state index is -0.905. The zero-order valence-electron chi connectivity index (χ0n) is 12.7. The summed E-state index contributed by atoms with van der Waals surface area (Å²) < 4.78 is 10.5. The van der Waals surface area contributed by atoms with Gasteiger partial charge in [-0.3, -0.25) is 9.69 Å². The molecular weight excluding hydrogens is 288 g/mol. The maximum Gasteiger partial charge on any atom is 0.327 e. The number of carbonyl (C=O) groups is 2. The number of β-amino-alcohol motifs (C(OH)–C–C–N with tert-alkyl or cyclic N) is 1. The van der Waals surface area contributed by atoms with Crippen LogP contribution in [0.4, 0.5) is 4.79 Å². The molecule has 1 aliphatic heterocycles. The van der Waals surface area contributed by atoms with Gasteiger partial charge in [0.15, 0.2) is 0 Å². The van der Waals surface area contributed by atoms with Gasteiger partial charge in [0.1, 0.15) is 12.3 Å². The van der Waals surface area contributed by atoms with Gasteiger partial charge in [-0.2, -0.15) is 0 Å². The Kier molecular flexibility index (Phi) is 5.35. The number of carbonyl (C=O) groups excluding carboxylic acids is 2. The molecule has 3 amide bonds. The number of hydrogen-bond donors (Lipinski definition) is 1. The number of methoxy groups -OCH3 is 1. The van der Waals surface area contributed by atoms with Crippen molar-refractivity contribution in [2.75, 3.05) is 33.9 Å². The van der Waals surface area contributed by atoms with Crippen LogP contribution in [0.2, 0.25) is 0 Å². The molecule has 0 radical (unpaired) electrons. The standard InChI is InChI=1S/C15H20N2O5/c1-16-8-14(19)17(15(16)20)7-12(18)10-22-9-11-3-5-13(21-2)6-4-11/h3-6,12,18H,7-10H2,1-2H3/t12-/m0/s1. The molecule has 7 nitrogen and oxygen atoms in total. The van der Waals surface area contributed by atoms with Crippen molar-refractivity contribution < 1.29 is 24.2 Å². The smallest absolute Gasteiger partial charge is 0.327 e. The maximum atomic E-state index is 11.7. The Balaban J connectivity index is 1.74. The molecule has 22 heavy (non-hydrogen) atoms. The van der Waals surface area contributed by atoms with Crippen LogP contribution in [0.15, 0.2) is 24.3 Å². The number of aliphatic hydroxyl groups excluding tert-OH is 1. The van der Waals surface area contributed by atoms with E-state index in [1.54, 1.807) is 14.2 Å². The zero-order chi connectivity index (χ0) is 16.1. The molecule has 0 bridgehead atoms.